The van der Waals surface area contributed by atoms with E-state index in [0.29, 0.717) is 13.1 Å². The highest BCUT2D eigenvalue weighted by Gasteiger charge is 2.26. The van der Waals surface area contributed by atoms with Gasteiger partial charge in [-0.1, -0.05) is 19.3 Å². The number of anilines is 1. The van der Waals surface area contributed by atoms with Gasteiger partial charge in [-0.15, -0.1) is 11.3 Å². The number of carbonyl (C=O) groups excluding carboxylic acids is 1. The molecule has 0 saturated heterocycles. The first-order valence-electron chi connectivity index (χ1n) is 13.1. The molecule has 0 radical (unpaired) electrons. The third-order valence-electron chi connectivity index (χ3n) is 7.09. The van der Waals surface area contributed by atoms with Gasteiger partial charge in [0.25, 0.3) is 0 Å². The Kier molecular flexibility index (Phi) is 8.28. The lowest BCUT2D eigenvalue weighted by Crippen LogP contribution is -2.43. The molecule has 0 spiro atoms. The van der Waals surface area contributed by atoms with Gasteiger partial charge in [0.1, 0.15) is 16.5 Å². The summed E-state index contributed by atoms with van der Waals surface area (Å²) < 4.78 is 12.7. The van der Waals surface area contributed by atoms with Gasteiger partial charge in [0, 0.05) is 34.6 Å². The number of urea groups is 1. The second-order valence-corrected chi connectivity index (χ2v) is 10.4. The quantitative estimate of drug-likeness (QED) is 0.252. The minimum absolute atomic E-state index is 0.0646. The van der Waals surface area contributed by atoms with Crippen molar-refractivity contribution in [2.45, 2.75) is 51.2 Å². The van der Waals surface area contributed by atoms with Crippen LogP contribution in [0.25, 0.3) is 10.6 Å². The fourth-order valence-electron chi connectivity index (χ4n) is 4.97. The number of benzene rings is 2. The Hall–Kier alpha value is -3.78. The van der Waals surface area contributed by atoms with Crippen molar-refractivity contribution in [3.63, 3.8) is 0 Å². The zero-order valence-corrected chi connectivity index (χ0v) is 22.7. The van der Waals surface area contributed by atoms with E-state index in [1.165, 1.54) is 6.42 Å². The number of hydrogen-bond acceptors (Lipinski definition) is 5. The number of methoxy groups -OCH3 is 2. The molecule has 1 fully saturated rings. The van der Waals surface area contributed by atoms with Crippen molar-refractivity contribution in [1.29, 1.82) is 0 Å². The number of rotatable bonds is 9. The highest BCUT2D eigenvalue weighted by atomic mass is 32.1. The minimum Gasteiger partial charge on any atom is -0.497 e. The summed E-state index contributed by atoms with van der Waals surface area (Å²) in [6.07, 6.45) is 7.70. The molecule has 2 heterocycles. The second kappa shape index (κ2) is 12.2. The van der Waals surface area contributed by atoms with Crippen molar-refractivity contribution in [1.82, 2.24) is 14.5 Å². The molecule has 2 aromatic carbocycles. The Morgan fingerprint density at radius 3 is 2.37 bits per heavy atom. The number of hydrogen-bond donors (Lipinski definition) is 1. The Morgan fingerprint density at radius 1 is 1.00 bits per heavy atom. The average Bonchev–Trinajstić information content (AvgIpc) is 3.62. The van der Waals surface area contributed by atoms with Gasteiger partial charge in [0.15, 0.2) is 0 Å². The third-order valence-corrected chi connectivity index (χ3v) is 8.03. The van der Waals surface area contributed by atoms with Crippen LogP contribution in [-0.4, -0.2) is 40.7 Å². The van der Waals surface area contributed by atoms with E-state index < -0.39 is 0 Å². The molecule has 38 heavy (non-hydrogen) atoms. The molecule has 0 aliphatic heterocycles. The van der Waals surface area contributed by atoms with E-state index in [0.717, 1.165) is 64.8 Å². The number of aromatic nitrogens is 2. The molecule has 2 amide bonds. The molecule has 7 nitrogen and oxygen atoms in total. The van der Waals surface area contributed by atoms with E-state index in [4.69, 9.17) is 14.5 Å². The summed E-state index contributed by atoms with van der Waals surface area (Å²) in [7, 11) is 3.31. The Balaban J connectivity index is 1.31. The van der Waals surface area contributed by atoms with Crippen molar-refractivity contribution in [2.75, 3.05) is 19.5 Å². The molecule has 1 N–H and O–H groups in total. The van der Waals surface area contributed by atoms with Crippen molar-refractivity contribution < 1.29 is 14.3 Å². The average molecular weight is 531 g/mol. The lowest BCUT2D eigenvalue weighted by atomic mass is 9.94. The fourth-order valence-corrected chi connectivity index (χ4v) is 5.79. The van der Waals surface area contributed by atoms with E-state index in [2.05, 4.69) is 27.5 Å². The lowest BCUT2D eigenvalue weighted by Gasteiger charge is -2.34. The zero-order chi connectivity index (χ0) is 26.3. The largest absolute Gasteiger partial charge is 0.497 e. The predicted molar refractivity (Wildman–Crippen MR) is 152 cm³/mol. The SMILES string of the molecule is COc1ccc(NC(=O)N(Cc2cccn2Cc2csc(-c3ccc(OC)cc3)n2)C2CCCCC2)cc1. The van der Waals surface area contributed by atoms with Crippen LogP contribution in [0.5, 0.6) is 11.5 Å². The summed E-state index contributed by atoms with van der Waals surface area (Å²) in [5.41, 5.74) is 3.94. The van der Waals surface area contributed by atoms with Gasteiger partial charge >= 0.3 is 6.03 Å². The van der Waals surface area contributed by atoms with Gasteiger partial charge in [-0.25, -0.2) is 9.78 Å². The normalized spacial score (nSPS) is 13.7. The standard InChI is InChI=1S/C30H34N4O3S/c1-36-27-14-10-22(11-15-27)29-31-24(21-38-29)19-33-18-6-9-26(33)20-34(25-7-4-3-5-8-25)30(35)32-23-12-16-28(37-2)17-13-23/h6,9-18,21,25H,3-5,7-8,19-20H2,1-2H3,(H,32,35). The van der Waals surface area contributed by atoms with Crippen LogP contribution >= 0.6 is 11.3 Å². The topological polar surface area (TPSA) is 68.6 Å². The highest BCUT2D eigenvalue weighted by Crippen LogP contribution is 2.28. The van der Waals surface area contributed by atoms with Crippen molar-refractivity contribution in [3.8, 4) is 22.1 Å². The molecule has 0 atom stereocenters. The predicted octanol–water partition coefficient (Wildman–Crippen LogP) is 7.04. The van der Waals surface area contributed by atoms with Crippen LogP contribution in [-0.2, 0) is 13.1 Å². The molecule has 5 rings (SSSR count). The smallest absolute Gasteiger partial charge is 0.322 e. The molecular formula is C30H34N4O3S. The van der Waals surface area contributed by atoms with E-state index in [-0.39, 0.29) is 12.1 Å². The Labute approximate surface area is 228 Å². The van der Waals surface area contributed by atoms with Gasteiger partial charge in [-0.3, -0.25) is 0 Å². The summed E-state index contributed by atoms with van der Waals surface area (Å²) in [5.74, 6) is 1.60. The van der Waals surface area contributed by atoms with Crippen molar-refractivity contribution in [3.05, 3.63) is 83.6 Å². The summed E-state index contributed by atoms with van der Waals surface area (Å²) in [6, 6.07) is 19.8. The maximum Gasteiger partial charge on any atom is 0.322 e. The van der Waals surface area contributed by atoms with Crippen LogP contribution in [0.4, 0.5) is 10.5 Å². The molecule has 1 saturated carbocycles. The number of nitrogens with one attached hydrogen (secondary N) is 1. The van der Waals surface area contributed by atoms with Gasteiger partial charge in [0.2, 0.25) is 0 Å². The first-order valence-corrected chi connectivity index (χ1v) is 14.0. The summed E-state index contributed by atoms with van der Waals surface area (Å²) in [4.78, 5) is 20.4. The summed E-state index contributed by atoms with van der Waals surface area (Å²) in [5, 5.41) is 6.20. The monoisotopic (exact) mass is 530 g/mol. The van der Waals surface area contributed by atoms with Crippen molar-refractivity contribution in [2.24, 2.45) is 0 Å². The van der Waals surface area contributed by atoms with Crippen LogP contribution in [0.1, 0.15) is 43.5 Å². The van der Waals surface area contributed by atoms with E-state index >= 15 is 0 Å². The molecule has 0 unspecified atom stereocenters. The Bertz CT molecular complexity index is 1320. The molecule has 4 aromatic rings. The minimum atomic E-state index is -0.0646. The van der Waals surface area contributed by atoms with Gasteiger partial charge in [0.05, 0.1) is 33.0 Å². The van der Waals surface area contributed by atoms with Crippen LogP contribution < -0.4 is 14.8 Å². The number of amides is 2. The van der Waals surface area contributed by atoms with Crippen LogP contribution in [0.2, 0.25) is 0 Å². The molecule has 8 heteroatoms. The zero-order valence-electron chi connectivity index (χ0n) is 21.9. The summed E-state index contributed by atoms with van der Waals surface area (Å²) in [6.45, 7) is 1.21. The number of thiazole rings is 1. The molecule has 198 valence electrons. The van der Waals surface area contributed by atoms with Gasteiger partial charge in [-0.2, -0.15) is 0 Å². The first kappa shape index (κ1) is 25.9. The van der Waals surface area contributed by atoms with E-state index in [1.807, 2.05) is 59.5 Å². The Morgan fingerprint density at radius 2 is 1.68 bits per heavy atom. The molecule has 0 bridgehead atoms. The van der Waals surface area contributed by atoms with E-state index in [9.17, 15) is 4.79 Å². The van der Waals surface area contributed by atoms with Crippen LogP contribution in [0, 0.1) is 0 Å². The van der Waals surface area contributed by atoms with Crippen molar-refractivity contribution >= 4 is 23.1 Å². The second-order valence-electron chi connectivity index (χ2n) is 9.58. The van der Waals surface area contributed by atoms with Crippen LogP contribution in [0.3, 0.4) is 0 Å². The molecule has 2 aromatic heterocycles. The third kappa shape index (κ3) is 6.19. The summed E-state index contributed by atoms with van der Waals surface area (Å²) >= 11 is 1.64. The number of carbonyl (C=O) groups is 1. The first-order chi connectivity index (χ1) is 18.6. The van der Waals surface area contributed by atoms with Crippen LogP contribution in [0.15, 0.2) is 72.2 Å². The lowest BCUT2D eigenvalue weighted by molar-refractivity contribution is 0.161. The molecule has 1 aliphatic carbocycles. The van der Waals surface area contributed by atoms with Gasteiger partial charge in [-0.05, 0) is 73.5 Å². The maximum absolute atomic E-state index is 13.5. The molecular weight excluding hydrogens is 496 g/mol. The number of nitrogens with zero attached hydrogens (tertiary/aromatic N) is 3. The molecule has 1 aliphatic rings. The highest BCUT2D eigenvalue weighted by molar-refractivity contribution is 7.13. The van der Waals surface area contributed by atoms with E-state index in [1.54, 1.807) is 25.6 Å². The van der Waals surface area contributed by atoms with Gasteiger partial charge < -0.3 is 24.3 Å². The maximum atomic E-state index is 13.5. The number of ether oxygens (including phenoxy) is 2. The fraction of sp³-hybridized carbons (Fsp3) is 0.333.